The third-order valence-electron chi connectivity index (χ3n) is 3.61. The zero-order chi connectivity index (χ0) is 14.4. The fraction of sp³-hybridized carbons (Fsp3) is 0.278. The molecule has 2 rings (SSSR count). The summed E-state index contributed by atoms with van der Waals surface area (Å²) in [6, 6.07) is 20.1. The highest BCUT2D eigenvalue weighted by Crippen LogP contribution is 2.22. The van der Waals surface area contributed by atoms with Crippen LogP contribution in [0.15, 0.2) is 60.7 Å². The fourth-order valence-electron chi connectivity index (χ4n) is 2.12. The van der Waals surface area contributed by atoms with Gasteiger partial charge in [-0.1, -0.05) is 74.5 Å². The van der Waals surface area contributed by atoms with Crippen molar-refractivity contribution in [3.8, 4) is 0 Å². The van der Waals surface area contributed by atoms with Crippen LogP contribution in [-0.4, -0.2) is 5.91 Å². The number of rotatable bonds is 5. The van der Waals surface area contributed by atoms with E-state index >= 15 is 0 Å². The molecular formula is C18H21NO. The zero-order valence-corrected chi connectivity index (χ0v) is 12.0. The van der Waals surface area contributed by atoms with E-state index in [1.165, 1.54) is 0 Å². The molecule has 0 unspecified atom stereocenters. The topological polar surface area (TPSA) is 29.1 Å². The maximum atomic E-state index is 12.2. The second-order valence-electron chi connectivity index (χ2n) is 5.07. The number of hydrogen-bond donors (Lipinski definition) is 1. The lowest BCUT2D eigenvalue weighted by Gasteiger charge is -2.21. The minimum Gasteiger partial charge on any atom is -0.345 e. The SMILES string of the molecule is CC[C@H](C)C(=O)NC(c1ccccc1)c1ccccc1. The summed E-state index contributed by atoms with van der Waals surface area (Å²) in [6.07, 6.45) is 0.849. The Morgan fingerprint density at radius 2 is 1.40 bits per heavy atom. The Balaban J connectivity index is 2.28. The van der Waals surface area contributed by atoms with Crippen LogP contribution in [0.2, 0.25) is 0 Å². The Morgan fingerprint density at radius 1 is 0.950 bits per heavy atom. The first kappa shape index (κ1) is 14.3. The molecule has 2 aromatic rings. The lowest BCUT2D eigenvalue weighted by Crippen LogP contribution is -2.33. The molecule has 1 N–H and O–H groups in total. The molecular weight excluding hydrogens is 246 g/mol. The molecule has 1 atom stereocenters. The summed E-state index contributed by atoms with van der Waals surface area (Å²) in [5.74, 6) is 0.134. The van der Waals surface area contributed by atoms with Crippen molar-refractivity contribution in [3.63, 3.8) is 0 Å². The largest absolute Gasteiger partial charge is 0.345 e. The van der Waals surface area contributed by atoms with Gasteiger partial charge in [-0.2, -0.15) is 0 Å². The molecule has 20 heavy (non-hydrogen) atoms. The second kappa shape index (κ2) is 6.90. The number of carbonyl (C=O) groups excluding carboxylic acids is 1. The summed E-state index contributed by atoms with van der Waals surface area (Å²) in [6.45, 7) is 3.99. The van der Waals surface area contributed by atoms with Crippen LogP contribution in [0.3, 0.4) is 0 Å². The highest BCUT2D eigenvalue weighted by Gasteiger charge is 2.19. The van der Waals surface area contributed by atoms with E-state index in [0.717, 1.165) is 17.5 Å². The van der Waals surface area contributed by atoms with Gasteiger partial charge in [0.05, 0.1) is 6.04 Å². The number of carbonyl (C=O) groups is 1. The zero-order valence-electron chi connectivity index (χ0n) is 12.0. The molecule has 0 aromatic heterocycles. The van der Waals surface area contributed by atoms with Gasteiger partial charge in [0.15, 0.2) is 0 Å². The Kier molecular flexibility index (Phi) is 4.94. The van der Waals surface area contributed by atoms with Gasteiger partial charge in [-0.25, -0.2) is 0 Å². The standard InChI is InChI=1S/C18H21NO/c1-3-14(2)18(20)19-17(15-10-6-4-7-11-15)16-12-8-5-9-13-16/h4-14,17H,3H2,1-2H3,(H,19,20)/t14-/m0/s1. The minimum absolute atomic E-state index is 0.0323. The molecule has 0 aliphatic carbocycles. The van der Waals surface area contributed by atoms with Crippen LogP contribution < -0.4 is 5.32 Å². The monoisotopic (exact) mass is 267 g/mol. The van der Waals surface area contributed by atoms with Crippen LogP contribution in [0.4, 0.5) is 0 Å². The molecule has 104 valence electrons. The summed E-state index contributed by atoms with van der Waals surface area (Å²) < 4.78 is 0. The molecule has 0 saturated heterocycles. The quantitative estimate of drug-likeness (QED) is 0.873. The third kappa shape index (κ3) is 3.47. The summed E-state index contributed by atoms with van der Waals surface area (Å²) in [4.78, 5) is 12.2. The van der Waals surface area contributed by atoms with Gasteiger partial charge in [0.2, 0.25) is 5.91 Å². The summed E-state index contributed by atoms with van der Waals surface area (Å²) in [5, 5.41) is 3.16. The molecule has 0 aliphatic rings. The van der Waals surface area contributed by atoms with E-state index in [9.17, 15) is 4.79 Å². The molecule has 2 aromatic carbocycles. The first-order valence-corrected chi connectivity index (χ1v) is 7.12. The second-order valence-corrected chi connectivity index (χ2v) is 5.07. The average molecular weight is 267 g/mol. The molecule has 1 amide bonds. The van der Waals surface area contributed by atoms with Gasteiger partial charge in [0, 0.05) is 5.92 Å². The van der Waals surface area contributed by atoms with Crippen LogP contribution >= 0.6 is 0 Å². The number of nitrogens with one attached hydrogen (secondary N) is 1. The van der Waals surface area contributed by atoms with Gasteiger partial charge in [0.1, 0.15) is 0 Å². The van der Waals surface area contributed by atoms with Crippen molar-refractivity contribution in [2.75, 3.05) is 0 Å². The maximum Gasteiger partial charge on any atom is 0.223 e. The van der Waals surface area contributed by atoms with Crippen molar-refractivity contribution < 1.29 is 4.79 Å². The summed E-state index contributed by atoms with van der Waals surface area (Å²) in [5.41, 5.74) is 2.21. The van der Waals surface area contributed by atoms with Crippen molar-refractivity contribution >= 4 is 5.91 Å². The van der Waals surface area contributed by atoms with E-state index in [-0.39, 0.29) is 17.9 Å². The smallest absolute Gasteiger partial charge is 0.223 e. The van der Waals surface area contributed by atoms with E-state index in [2.05, 4.69) is 29.6 Å². The molecule has 0 spiro atoms. The third-order valence-corrected chi connectivity index (χ3v) is 3.61. The highest BCUT2D eigenvalue weighted by molar-refractivity contribution is 5.79. The van der Waals surface area contributed by atoms with Crippen LogP contribution in [-0.2, 0) is 4.79 Å². The van der Waals surface area contributed by atoms with Gasteiger partial charge in [0.25, 0.3) is 0 Å². The number of benzene rings is 2. The Hall–Kier alpha value is -2.09. The minimum atomic E-state index is -0.0844. The first-order valence-electron chi connectivity index (χ1n) is 7.12. The van der Waals surface area contributed by atoms with Gasteiger partial charge < -0.3 is 5.32 Å². The lowest BCUT2D eigenvalue weighted by atomic mass is 9.97. The maximum absolute atomic E-state index is 12.2. The highest BCUT2D eigenvalue weighted by atomic mass is 16.1. The fourth-order valence-corrected chi connectivity index (χ4v) is 2.12. The van der Waals surface area contributed by atoms with Crippen molar-refractivity contribution in [3.05, 3.63) is 71.8 Å². The van der Waals surface area contributed by atoms with Gasteiger partial charge in [-0.3, -0.25) is 4.79 Å². The Morgan fingerprint density at radius 3 is 1.80 bits per heavy atom. The van der Waals surface area contributed by atoms with E-state index < -0.39 is 0 Å². The molecule has 0 saturated carbocycles. The lowest BCUT2D eigenvalue weighted by molar-refractivity contribution is -0.125. The molecule has 0 radical (unpaired) electrons. The molecule has 0 heterocycles. The van der Waals surface area contributed by atoms with Crippen molar-refractivity contribution in [1.82, 2.24) is 5.32 Å². The Labute approximate surface area is 120 Å². The van der Waals surface area contributed by atoms with Crippen LogP contribution in [0.25, 0.3) is 0 Å². The Bertz CT molecular complexity index is 496. The van der Waals surface area contributed by atoms with E-state index in [0.29, 0.717) is 0 Å². The van der Waals surface area contributed by atoms with E-state index in [1.807, 2.05) is 50.2 Å². The van der Waals surface area contributed by atoms with Crippen molar-refractivity contribution in [1.29, 1.82) is 0 Å². The normalized spacial score (nSPS) is 12.2. The predicted octanol–water partition coefficient (Wildman–Crippen LogP) is 3.94. The number of hydrogen-bond acceptors (Lipinski definition) is 1. The molecule has 0 bridgehead atoms. The van der Waals surface area contributed by atoms with Gasteiger partial charge in [-0.05, 0) is 17.5 Å². The molecule has 0 fully saturated rings. The van der Waals surface area contributed by atoms with Crippen molar-refractivity contribution in [2.24, 2.45) is 5.92 Å². The van der Waals surface area contributed by atoms with E-state index in [1.54, 1.807) is 0 Å². The van der Waals surface area contributed by atoms with Crippen LogP contribution in [0, 0.1) is 5.92 Å². The first-order chi connectivity index (χ1) is 9.72. The average Bonchev–Trinajstić information content (AvgIpc) is 2.53. The van der Waals surface area contributed by atoms with Crippen molar-refractivity contribution in [2.45, 2.75) is 26.3 Å². The summed E-state index contributed by atoms with van der Waals surface area (Å²) >= 11 is 0. The van der Waals surface area contributed by atoms with Gasteiger partial charge in [-0.15, -0.1) is 0 Å². The van der Waals surface area contributed by atoms with Crippen LogP contribution in [0.5, 0.6) is 0 Å². The van der Waals surface area contributed by atoms with Crippen LogP contribution in [0.1, 0.15) is 37.4 Å². The molecule has 2 nitrogen and oxygen atoms in total. The molecule has 2 heteroatoms. The van der Waals surface area contributed by atoms with Gasteiger partial charge >= 0.3 is 0 Å². The summed E-state index contributed by atoms with van der Waals surface area (Å²) in [7, 11) is 0. The van der Waals surface area contributed by atoms with E-state index in [4.69, 9.17) is 0 Å². The number of amides is 1. The predicted molar refractivity (Wildman–Crippen MR) is 82.3 cm³/mol. The molecule has 0 aliphatic heterocycles.